The van der Waals surface area contributed by atoms with E-state index in [2.05, 4.69) is 15.4 Å². The lowest BCUT2D eigenvalue weighted by Gasteiger charge is -2.28. The van der Waals surface area contributed by atoms with Crippen LogP contribution in [0.1, 0.15) is 43.4 Å². The van der Waals surface area contributed by atoms with Crippen molar-refractivity contribution in [2.75, 3.05) is 7.11 Å². The lowest BCUT2D eigenvalue weighted by Crippen LogP contribution is -2.48. The van der Waals surface area contributed by atoms with Gasteiger partial charge in [0.15, 0.2) is 17.3 Å². The number of nitrogens with one attached hydrogen (secondary N) is 1. The molecule has 8 nitrogen and oxygen atoms in total. The van der Waals surface area contributed by atoms with Gasteiger partial charge in [-0.15, -0.1) is 0 Å². The number of fused-ring (bicyclic) bond motifs is 1. The number of hydrogen-bond acceptors (Lipinski definition) is 5. The molecular formula is C20H27N5O3. The minimum Gasteiger partial charge on any atom is -0.504 e. The third-order valence-corrected chi connectivity index (χ3v) is 5.39. The summed E-state index contributed by atoms with van der Waals surface area (Å²) >= 11 is 0. The van der Waals surface area contributed by atoms with Crippen LogP contribution in [0.25, 0.3) is 0 Å². The summed E-state index contributed by atoms with van der Waals surface area (Å²) in [5.74, 6) is 2.40. The Hall–Kier alpha value is -2.77. The van der Waals surface area contributed by atoms with Gasteiger partial charge in [0.2, 0.25) is 0 Å². The fourth-order valence-corrected chi connectivity index (χ4v) is 3.66. The van der Waals surface area contributed by atoms with Crippen molar-refractivity contribution in [3.05, 3.63) is 35.4 Å². The van der Waals surface area contributed by atoms with Crippen molar-refractivity contribution in [3.63, 3.8) is 0 Å². The number of aromatic hydroxyl groups is 1. The van der Waals surface area contributed by atoms with Crippen LogP contribution < -0.4 is 10.1 Å². The number of phenols is 1. The Morgan fingerprint density at radius 3 is 2.93 bits per heavy atom. The van der Waals surface area contributed by atoms with E-state index in [4.69, 9.17) is 4.74 Å². The molecule has 2 heterocycles. The van der Waals surface area contributed by atoms with E-state index < -0.39 is 0 Å². The van der Waals surface area contributed by atoms with Crippen molar-refractivity contribution < 1.29 is 14.6 Å². The summed E-state index contributed by atoms with van der Waals surface area (Å²) in [5.41, 5.74) is 0.937. The summed E-state index contributed by atoms with van der Waals surface area (Å²) in [6.45, 7) is 3.21. The number of benzene rings is 1. The van der Waals surface area contributed by atoms with Crippen LogP contribution in [0.15, 0.2) is 18.2 Å². The molecule has 1 aromatic carbocycles. The van der Waals surface area contributed by atoms with Crippen molar-refractivity contribution in [3.8, 4) is 11.5 Å². The summed E-state index contributed by atoms with van der Waals surface area (Å²) in [5, 5.41) is 17.5. The van der Waals surface area contributed by atoms with Crippen molar-refractivity contribution in [1.29, 1.82) is 0 Å². The van der Waals surface area contributed by atoms with Crippen LogP contribution >= 0.6 is 0 Å². The average Bonchev–Trinajstić information content (AvgIpc) is 3.45. The van der Waals surface area contributed by atoms with Gasteiger partial charge in [0.1, 0.15) is 5.82 Å². The summed E-state index contributed by atoms with van der Waals surface area (Å²) in [6.07, 6.45) is 4.58. The zero-order valence-electron chi connectivity index (χ0n) is 16.4. The molecule has 1 aromatic heterocycles. The lowest BCUT2D eigenvalue weighted by atomic mass is 10.1. The number of nitrogens with zero attached hydrogens (tertiary/aromatic N) is 4. The van der Waals surface area contributed by atoms with E-state index >= 15 is 0 Å². The number of carbonyl (C=O) groups excluding carboxylic acids is 1. The average molecular weight is 385 g/mol. The maximum absolute atomic E-state index is 13.0. The van der Waals surface area contributed by atoms with Gasteiger partial charge in [0, 0.05) is 25.4 Å². The number of phenolic OH excluding ortho intramolecular Hbond substituents is 1. The Balaban J connectivity index is 1.42. The standard InChI is InChI=1S/C20H27N5O3/c1-3-18-22-19-9-5-14(12-25(19)23-18)21-20(27)24(15-6-7-15)11-13-4-8-16(26)17(10-13)28-2/h4,8,10,14-15,26H,3,5-7,9,11-12H2,1-2H3,(H,21,27). The molecule has 0 saturated heterocycles. The van der Waals surface area contributed by atoms with E-state index in [0.717, 1.165) is 49.3 Å². The largest absolute Gasteiger partial charge is 0.504 e. The van der Waals surface area contributed by atoms with Crippen LogP contribution in [0, 0.1) is 0 Å². The molecule has 0 bridgehead atoms. The van der Waals surface area contributed by atoms with Crippen LogP contribution in [0.5, 0.6) is 11.5 Å². The predicted octanol–water partition coefficient (Wildman–Crippen LogP) is 2.24. The highest BCUT2D eigenvalue weighted by molar-refractivity contribution is 5.75. The first-order chi connectivity index (χ1) is 13.6. The summed E-state index contributed by atoms with van der Waals surface area (Å²) in [6, 6.07) is 5.51. The summed E-state index contributed by atoms with van der Waals surface area (Å²) in [7, 11) is 1.52. The zero-order valence-corrected chi connectivity index (χ0v) is 16.4. The SMILES string of the molecule is CCc1nc2n(n1)CC(NC(=O)N(Cc1ccc(O)c(OC)c1)C1CC1)CC2. The molecule has 1 aliphatic carbocycles. The molecule has 0 radical (unpaired) electrons. The molecule has 2 N–H and O–H groups in total. The molecule has 1 aliphatic heterocycles. The molecule has 0 spiro atoms. The minimum atomic E-state index is -0.0428. The molecule has 28 heavy (non-hydrogen) atoms. The summed E-state index contributed by atoms with van der Waals surface area (Å²) in [4.78, 5) is 19.4. The number of aryl methyl sites for hydroxylation is 2. The van der Waals surface area contributed by atoms with E-state index in [0.29, 0.717) is 18.8 Å². The van der Waals surface area contributed by atoms with Gasteiger partial charge >= 0.3 is 6.03 Å². The van der Waals surface area contributed by atoms with Crippen LogP contribution in [-0.4, -0.2) is 50.0 Å². The van der Waals surface area contributed by atoms with E-state index in [1.807, 2.05) is 22.6 Å². The number of carbonyl (C=O) groups is 1. The number of urea groups is 1. The first-order valence-corrected chi connectivity index (χ1v) is 9.93. The minimum absolute atomic E-state index is 0.0428. The number of methoxy groups -OCH3 is 1. The monoisotopic (exact) mass is 385 g/mol. The van der Waals surface area contributed by atoms with E-state index in [1.165, 1.54) is 7.11 Å². The highest BCUT2D eigenvalue weighted by Gasteiger charge is 2.34. The van der Waals surface area contributed by atoms with Gasteiger partial charge in [-0.05, 0) is 37.0 Å². The zero-order chi connectivity index (χ0) is 19.7. The topological polar surface area (TPSA) is 92.5 Å². The first-order valence-electron chi connectivity index (χ1n) is 9.93. The van der Waals surface area contributed by atoms with E-state index in [-0.39, 0.29) is 23.9 Å². The summed E-state index contributed by atoms with van der Waals surface area (Å²) < 4.78 is 7.12. The van der Waals surface area contributed by atoms with Crippen LogP contribution in [0.3, 0.4) is 0 Å². The Labute approximate surface area is 164 Å². The number of amides is 2. The molecule has 4 rings (SSSR count). The van der Waals surface area contributed by atoms with Crippen LogP contribution in [0.2, 0.25) is 0 Å². The Morgan fingerprint density at radius 2 is 2.21 bits per heavy atom. The fourth-order valence-electron chi connectivity index (χ4n) is 3.66. The molecule has 1 saturated carbocycles. The highest BCUT2D eigenvalue weighted by atomic mass is 16.5. The van der Waals surface area contributed by atoms with Crippen molar-refractivity contribution >= 4 is 6.03 Å². The third kappa shape index (κ3) is 3.90. The number of ether oxygens (including phenoxy) is 1. The molecular weight excluding hydrogens is 358 g/mol. The van der Waals surface area contributed by atoms with Gasteiger partial charge in [-0.2, -0.15) is 5.10 Å². The fraction of sp³-hybridized carbons (Fsp3) is 0.550. The molecule has 1 fully saturated rings. The van der Waals surface area contributed by atoms with Crippen LogP contribution in [-0.2, 0) is 25.9 Å². The lowest BCUT2D eigenvalue weighted by molar-refractivity contribution is 0.183. The highest BCUT2D eigenvalue weighted by Crippen LogP contribution is 2.31. The molecule has 2 amide bonds. The smallest absolute Gasteiger partial charge is 0.318 e. The number of rotatable bonds is 6. The molecule has 1 unspecified atom stereocenters. The molecule has 8 heteroatoms. The van der Waals surface area contributed by atoms with Gasteiger partial charge in [0.25, 0.3) is 0 Å². The van der Waals surface area contributed by atoms with Gasteiger partial charge in [-0.1, -0.05) is 13.0 Å². The third-order valence-electron chi connectivity index (χ3n) is 5.39. The molecule has 150 valence electrons. The Morgan fingerprint density at radius 1 is 1.39 bits per heavy atom. The quantitative estimate of drug-likeness (QED) is 0.796. The maximum Gasteiger partial charge on any atom is 0.318 e. The van der Waals surface area contributed by atoms with E-state index in [1.54, 1.807) is 12.1 Å². The normalized spacial score (nSPS) is 18.4. The van der Waals surface area contributed by atoms with Crippen molar-refractivity contribution in [2.24, 2.45) is 0 Å². The van der Waals surface area contributed by atoms with E-state index in [9.17, 15) is 9.90 Å². The molecule has 1 atom stereocenters. The number of hydrogen-bond donors (Lipinski definition) is 2. The van der Waals surface area contributed by atoms with Gasteiger partial charge in [0.05, 0.1) is 19.7 Å². The second-order valence-corrected chi connectivity index (χ2v) is 7.53. The molecule has 2 aliphatic rings. The van der Waals surface area contributed by atoms with Gasteiger partial charge in [-0.25, -0.2) is 14.5 Å². The molecule has 2 aromatic rings. The predicted molar refractivity (Wildman–Crippen MR) is 103 cm³/mol. The van der Waals surface area contributed by atoms with Crippen molar-refractivity contribution in [1.82, 2.24) is 25.0 Å². The Kier molecular flexibility index (Phi) is 5.11. The number of aromatic nitrogens is 3. The maximum atomic E-state index is 13.0. The first kappa shape index (κ1) is 18.6. The van der Waals surface area contributed by atoms with Crippen LogP contribution in [0.4, 0.5) is 4.79 Å². The second-order valence-electron chi connectivity index (χ2n) is 7.53. The van der Waals surface area contributed by atoms with Gasteiger partial charge < -0.3 is 20.1 Å². The van der Waals surface area contributed by atoms with Gasteiger partial charge in [-0.3, -0.25) is 0 Å². The Bertz CT molecular complexity index is 862. The second kappa shape index (κ2) is 7.69. The van der Waals surface area contributed by atoms with Crippen molar-refractivity contribution in [2.45, 2.75) is 64.2 Å².